The molecule has 0 atom stereocenters. The third kappa shape index (κ3) is 5.50. The molecule has 1 aliphatic heterocycles. The van der Waals surface area contributed by atoms with Crippen LogP contribution in [0.4, 0.5) is 0 Å². The van der Waals surface area contributed by atoms with E-state index in [4.69, 9.17) is 9.47 Å². The standard InChI is InChI=1S/C11H19NO3.C2H6/c1-11(4-6-14-7-5-11)15-8-10(13)12-9-2-3-9;1-2/h9H,2-8H2,1H3,(H,12,13);1-2H3. The molecule has 4 nitrogen and oxygen atoms in total. The summed E-state index contributed by atoms with van der Waals surface area (Å²) >= 11 is 0. The average molecular weight is 243 g/mol. The molecular formula is C13H25NO3. The molecule has 1 amide bonds. The van der Waals surface area contributed by atoms with Crippen LogP contribution in [0.25, 0.3) is 0 Å². The summed E-state index contributed by atoms with van der Waals surface area (Å²) in [7, 11) is 0. The zero-order valence-corrected chi connectivity index (χ0v) is 11.3. The van der Waals surface area contributed by atoms with Crippen molar-refractivity contribution in [2.45, 2.75) is 58.1 Å². The van der Waals surface area contributed by atoms with Gasteiger partial charge in [0.1, 0.15) is 6.61 Å². The topological polar surface area (TPSA) is 47.6 Å². The Balaban J connectivity index is 0.000000686. The lowest BCUT2D eigenvalue weighted by Gasteiger charge is -2.33. The highest BCUT2D eigenvalue weighted by atomic mass is 16.5. The molecule has 0 aromatic carbocycles. The lowest BCUT2D eigenvalue weighted by molar-refractivity contribution is -0.140. The van der Waals surface area contributed by atoms with Gasteiger partial charge in [-0.3, -0.25) is 4.79 Å². The Bertz CT molecular complexity index is 233. The van der Waals surface area contributed by atoms with Crippen molar-refractivity contribution in [3.05, 3.63) is 0 Å². The van der Waals surface area contributed by atoms with Crippen LogP contribution in [0.1, 0.15) is 46.5 Å². The van der Waals surface area contributed by atoms with Crippen molar-refractivity contribution in [3.63, 3.8) is 0 Å². The first-order valence-corrected chi connectivity index (χ1v) is 6.69. The van der Waals surface area contributed by atoms with Crippen LogP contribution >= 0.6 is 0 Å². The van der Waals surface area contributed by atoms with Gasteiger partial charge in [-0.2, -0.15) is 0 Å². The third-order valence-electron chi connectivity index (χ3n) is 3.04. The summed E-state index contributed by atoms with van der Waals surface area (Å²) in [5.41, 5.74) is -0.168. The van der Waals surface area contributed by atoms with E-state index in [0.29, 0.717) is 6.04 Å². The van der Waals surface area contributed by atoms with Crippen LogP contribution in [-0.2, 0) is 14.3 Å². The summed E-state index contributed by atoms with van der Waals surface area (Å²) in [6, 6.07) is 0.420. The van der Waals surface area contributed by atoms with Crippen LogP contribution in [0.2, 0.25) is 0 Å². The second-order valence-electron chi connectivity index (χ2n) is 4.69. The summed E-state index contributed by atoms with van der Waals surface area (Å²) in [4.78, 5) is 11.4. The maximum Gasteiger partial charge on any atom is 0.246 e. The SMILES string of the molecule is CC.CC1(OCC(=O)NC2CC2)CCOCC1. The van der Waals surface area contributed by atoms with Gasteiger partial charge in [0, 0.05) is 19.3 Å². The van der Waals surface area contributed by atoms with Crippen LogP contribution < -0.4 is 5.32 Å². The molecule has 0 aromatic heterocycles. The zero-order chi connectivity index (χ0) is 12.7. The summed E-state index contributed by atoms with van der Waals surface area (Å²) in [6.45, 7) is 7.72. The molecule has 0 bridgehead atoms. The van der Waals surface area contributed by atoms with Gasteiger partial charge in [-0.1, -0.05) is 13.8 Å². The van der Waals surface area contributed by atoms with Gasteiger partial charge in [0.25, 0.3) is 0 Å². The van der Waals surface area contributed by atoms with Gasteiger partial charge < -0.3 is 14.8 Å². The molecule has 1 N–H and O–H groups in total. The second-order valence-corrected chi connectivity index (χ2v) is 4.69. The van der Waals surface area contributed by atoms with E-state index in [1.165, 1.54) is 0 Å². The van der Waals surface area contributed by atoms with E-state index in [2.05, 4.69) is 12.2 Å². The van der Waals surface area contributed by atoms with Crippen molar-refractivity contribution in [2.24, 2.45) is 0 Å². The highest BCUT2D eigenvalue weighted by molar-refractivity contribution is 5.77. The molecule has 2 aliphatic rings. The number of rotatable bonds is 4. The molecule has 0 unspecified atom stereocenters. The maximum absolute atomic E-state index is 11.4. The third-order valence-corrected chi connectivity index (χ3v) is 3.04. The van der Waals surface area contributed by atoms with Gasteiger partial charge in [-0.15, -0.1) is 0 Å². The lowest BCUT2D eigenvalue weighted by atomic mass is 9.97. The normalized spacial score (nSPS) is 22.3. The fraction of sp³-hybridized carbons (Fsp3) is 0.923. The number of nitrogens with one attached hydrogen (secondary N) is 1. The van der Waals surface area contributed by atoms with Crippen LogP contribution in [0, 0.1) is 0 Å². The molecule has 4 heteroatoms. The Hall–Kier alpha value is -0.610. The van der Waals surface area contributed by atoms with Gasteiger partial charge in [0.2, 0.25) is 5.91 Å². The molecule has 0 radical (unpaired) electrons. The van der Waals surface area contributed by atoms with Crippen LogP contribution in [0.15, 0.2) is 0 Å². The van der Waals surface area contributed by atoms with Crippen molar-refractivity contribution in [1.82, 2.24) is 5.32 Å². The summed E-state index contributed by atoms with van der Waals surface area (Å²) in [5.74, 6) is 0.0187. The number of ether oxygens (including phenoxy) is 2. The summed E-state index contributed by atoms with van der Waals surface area (Å²) in [5, 5.41) is 2.92. The minimum absolute atomic E-state index is 0.0187. The van der Waals surface area contributed by atoms with E-state index in [9.17, 15) is 4.79 Å². The molecule has 17 heavy (non-hydrogen) atoms. The molecule has 1 saturated heterocycles. The Morgan fingerprint density at radius 1 is 1.35 bits per heavy atom. The molecule has 2 fully saturated rings. The number of amides is 1. The van der Waals surface area contributed by atoms with E-state index in [1.54, 1.807) is 0 Å². The molecule has 2 rings (SSSR count). The lowest BCUT2D eigenvalue weighted by Crippen LogP contribution is -2.40. The quantitative estimate of drug-likeness (QED) is 0.820. The van der Waals surface area contributed by atoms with Crippen molar-refractivity contribution in [2.75, 3.05) is 19.8 Å². The van der Waals surface area contributed by atoms with Crippen LogP contribution in [0.3, 0.4) is 0 Å². The Labute approximate surface area is 104 Å². The largest absolute Gasteiger partial charge is 0.381 e. The zero-order valence-electron chi connectivity index (χ0n) is 11.3. The molecular weight excluding hydrogens is 218 g/mol. The van der Waals surface area contributed by atoms with Crippen LogP contribution in [0.5, 0.6) is 0 Å². The predicted molar refractivity (Wildman–Crippen MR) is 66.9 cm³/mol. The molecule has 1 heterocycles. The van der Waals surface area contributed by atoms with Gasteiger partial charge in [0.05, 0.1) is 5.60 Å². The van der Waals surface area contributed by atoms with Crippen LogP contribution in [-0.4, -0.2) is 37.4 Å². The van der Waals surface area contributed by atoms with E-state index in [1.807, 2.05) is 13.8 Å². The van der Waals surface area contributed by atoms with E-state index < -0.39 is 0 Å². The molecule has 0 aromatic rings. The van der Waals surface area contributed by atoms with E-state index in [0.717, 1.165) is 38.9 Å². The average Bonchev–Trinajstić information content (AvgIpc) is 3.14. The second kappa shape index (κ2) is 6.97. The molecule has 100 valence electrons. The smallest absolute Gasteiger partial charge is 0.246 e. The molecule has 0 spiro atoms. The maximum atomic E-state index is 11.4. The highest BCUT2D eigenvalue weighted by Gasteiger charge is 2.30. The minimum atomic E-state index is -0.168. The first-order valence-electron chi connectivity index (χ1n) is 6.69. The summed E-state index contributed by atoms with van der Waals surface area (Å²) < 4.78 is 10.9. The minimum Gasteiger partial charge on any atom is -0.381 e. The first kappa shape index (κ1) is 14.5. The van der Waals surface area contributed by atoms with Gasteiger partial charge in [-0.25, -0.2) is 0 Å². The fourth-order valence-electron chi connectivity index (χ4n) is 1.68. The number of hydrogen-bond donors (Lipinski definition) is 1. The van der Waals surface area contributed by atoms with Crippen molar-refractivity contribution in [3.8, 4) is 0 Å². The van der Waals surface area contributed by atoms with E-state index >= 15 is 0 Å². The van der Waals surface area contributed by atoms with Crippen molar-refractivity contribution >= 4 is 5.91 Å². The predicted octanol–water partition coefficient (Wildman–Crippen LogP) is 1.88. The fourth-order valence-corrected chi connectivity index (χ4v) is 1.68. The first-order chi connectivity index (χ1) is 8.18. The Morgan fingerprint density at radius 3 is 2.47 bits per heavy atom. The van der Waals surface area contributed by atoms with Crippen molar-refractivity contribution < 1.29 is 14.3 Å². The number of carbonyl (C=O) groups is 1. The van der Waals surface area contributed by atoms with E-state index in [-0.39, 0.29) is 18.1 Å². The van der Waals surface area contributed by atoms with Gasteiger partial charge in [-0.05, 0) is 32.6 Å². The number of carbonyl (C=O) groups excluding carboxylic acids is 1. The number of hydrogen-bond acceptors (Lipinski definition) is 3. The molecule has 1 saturated carbocycles. The van der Waals surface area contributed by atoms with Gasteiger partial charge >= 0.3 is 0 Å². The van der Waals surface area contributed by atoms with Crippen molar-refractivity contribution in [1.29, 1.82) is 0 Å². The highest BCUT2D eigenvalue weighted by Crippen LogP contribution is 2.24. The molecule has 1 aliphatic carbocycles. The van der Waals surface area contributed by atoms with Gasteiger partial charge in [0.15, 0.2) is 0 Å². The Kier molecular flexibility index (Phi) is 5.92. The summed E-state index contributed by atoms with van der Waals surface area (Å²) in [6.07, 6.45) is 4.00. The Morgan fingerprint density at radius 2 is 1.94 bits per heavy atom. The monoisotopic (exact) mass is 243 g/mol.